The molecule has 5 nitrogen and oxygen atoms in total. The second-order valence-electron chi connectivity index (χ2n) is 7.26. The molecular weight excluding hydrogens is 324 g/mol. The van der Waals surface area contributed by atoms with Gasteiger partial charge in [-0.2, -0.15) is 0 Å². The van der Waals surface area contributed by atoms with Gasteiger partial charge in [-0.05, 0) is 32.1 Å². The summed E-state index contributed by atoms with van der Waals surface area (Å²) in [6.45, 7) is 10.1. The van der Waals surface area contributed by atoms with Crippen molar-refractivity contribution in [3.8, 4) is 0 Å². The molecule has 2 atom stereocenters. The zero-order chi connectivity index (χ0) is 17.6. The van der Waals surface area contributed by atoms with E-state index in [1.165, 1.54) is 23.0 Å². The minimum absolute atomic E-state index is 0.0373. The van der Waals surface area contributed by atoms with Crippen LogP contribution in [0.15, 0.2) is 27.9 Å². The van der Waals surface area contributed by atoms with E-state index in [0.717, 1.165) is 5.69 Å². The van der Waals surface area contributed by atoms with E-state index < -0.39 is 0 Å². The van der Waals surface area contributed by atoms with Gasteiger partial charge in [-0.15, -0.1) is 11.3 Å². The summed E-state index contributed by atoms with van der Waals surface area (Å²) in [5, 5.41) is 1.89. The van der Waals surface area contributed by atoms with Gasteiger partial charge in [0.25, 0.3) is 5.56 Å². The predicted octanol–water partition coefficient (Wildman–Crippen LogP) is 3.35. The summed E-state index contributed by atoms with van der Waals surface area (Å²) in [6, 6.07) is 1.44. The van der Waals surface area contributed by atoms with Gasteiger partial charge in [-0.3, -0.25) is 14.0 Å². The first-order chi connectivity index (χ1) is 11.2. The van der Waals surface area contributed by atoms with Gasteiger partial charge in [0.05, 0.1) is 11.6 Å². The van der Waals surface area contributed by atoms with Crippen molar-refractivity contribution >= 4 is 22.3 Å². The van der Waals surface area contributed by atoms with Crippen molar-refractivity contribution in [3.63, 3.8) is 0 Å². The van der Waals surface area contributed by atoms with E-state index in [1.54, 1.807) is 4.40 Å². The number of carbonyl (C=O) groups excluding carboxylic acids is 1. The molecule has 0 unspecified atom stereocenters. The lowest BCUT2D eigenvalue weighted by molar-refractivity contribution is -0.147. The summed E-state index contributed by atoms with van der Waals surface area (Å²) >= 11 is 1.41. The van der Waals surface area contributed by atoms with Crippen LogP contribution in [0.25, 0.3) is 4.96 Å². The highest BCUT2D eigenvalue weighted by Crippen LogP contribution is 2.59. The SMILES string of the molecule is CC(C)=C[C@H]1[C@H](C(=O)OCc2cc(=O)n3c(C)csc3n2)C1(C)C. The van der Waals surface area contributed by atoms with Crippen LogP contribution in [0.4, 0.5) is 0 Å². The zero-order valence-electron chi connectivity index (χ0n) is 14.6. The lowest BCUT2D eigenvalue weighted by atomic mass is 10.1. The van der Waals surface area contributed by atoms with Crippen LogP contribution < -0.4 is 5.56 Å². The van der Waals surface area contributed by atoms with Gasteiger partial charge < -0.3 is 4.74 Å². The molecule has 2 aromatic heterocycles. The summed E-state index contributed by atoms with van der Waals surface area (Å²) in [4.78, 5) is 29.5. The summed E-state index contributed by atoms with van der Waals surface area (Å²) in [6.07, 6.45) is 2.14. The number of thiazole rings is 1. The maximum absolute atomic E-state index is 12.4. The molecule has 2 heterocycles. The highest BCUT2D eigenvalue weighted by Gasteiger charge is 2.61. The van der Waals surface area contributed by atoms with Gasteiger partial charge in [0.2, 0.25) is 0 Å². The smallest absolute Gasteiger partial charge is 0.310 e. The Morgan fingerprint density at radius 2 is 2.17 bits per heavy atom. The normalized spacial score (nSPS) is 21.5. The lowest BCUT2D eigenvalue weighted by Crippen LogP contribution is -2.17. The van der Waals surface area contributed by atoms with E-state index in [1.807, 2.05) is 26.2 Å². The number of hydrogen-bond acceptors (Lipinski definition) is 5. The van der Waals surface area contributed by atoms with Crippen LogP contribution in [-0.4, -0.2) is 15.4 Å². The van der Waals surface area contributed by atoms with Crippen LogP contribution in [0.2, 0.25) is 0 Å². The van der Waals surface area contributed by atoms with Crippen molar-refractivity contribution in [2.24, 2.45) is 17.3 Å². The van der Waals surface area contributed by atoms with E-state index in [2.05, 4.69) is 24.9 Å². The minimum Gasteiger partial charge on any atom is -0.459 e. The molecule has 24 heavy (non-hydrogen) atoms. The van der Waals surface area contributed by atoms with Crippen molar-refractivity contribution in [1.82, 2.24) is 9.38 Å². The van der Waals surface area contributed by atoms with Crippen LogP contribution >= 0.6 is 11.3 Å². The van der Waals surface area contributed by atoms with Crippen molar-refractivity contribution in [2.45, 2.75) is 41.2 Å². The molecular formula is C18H22N2O3S. The van der Waals surface area contributed by atoms with E-state index >= 15 is 0 Å². The molecule has 3 rings (SSSR count). The van der Waals surface area contributed by atoms with E-state index in [-0.39, 0.29) is 35.4 Å². The first-order valence-electron chi connectivity index (χ1n) is 8.00. The molecule has 1 saturated carbocycles. The van der Waals surface area contributed by atoms with Gasteiger partial charge >= 0.3 is 5.97 Å². The van der Waals surface area contributed by atoms with Crippen LogP contribution in [0.3, 0.4) is 0 Å². The Morgan fingerprint density at radius 1 is 1.46 bits per heavy atom. The zero-order valence-corrected chi connectivity index (χ0v) is 15.4. The highest BCUT2D eigenvalue weighted by molar-refractivity contribution is 7.15. The number of hydrogen-bond donors (Lipinski definition) is 0. The summed E-state index contributed by atoms with van der Waals surface area (Å²) < 4.78 is 7.00. The molecule has 1 fully saturated rings. The third kappa shape index (κ3) is 2.90. The number of nitrogens with zero attached hydrogens (tertiary/aromatic N) is 2. The number of rotatable bonds is 4. The van der Waals surface area contributed by atoms with Gasteiger partial charge in [0, 0.05) is 17.1 Å². The van der Waals surface area contributed by atoms with Crippen LogP contribution in [0.1, 0.15) is 39.1 Å². The molecule has 1 aliphatic carbocycles. The molecule has 0 saturated heterocycles. The van der Waals surface area contributed by atoms with E-state index in [4.69, 9.17) is 4.74 Å². The molecule has 0 aromatic carbocycles. The Balaban J connectivity index is 1.71. The fourth-order valence-electron chi connectivity index (χ4n) is 3.21. The Kier molecular flexibility index (Phi) is 4.11. The van der Waals surface area contributed by atoms with Gasteiger partial charge in [-0.25, -0.2) is 4.98 Å². The number of aryl methyl sites for hydroxylation is 1. The summed E-state index contributed by atoms with van der Waals surface area (Å²) in [5.41, 5.74) is 2.35. The Labute approximate surface area is 145 Å². The van der Waals surface area contributed by atoms with Crippen LogP contribution in [0, 0.1) is 24.2 Å². The van der Waals surface area contributed by atoms with Gasteiger partial charge in [0.15, 0.2) is 4.96 Å². The minimum atomic E-state index is -0.216. The van der Waals surface area contributed by atoms with Crippen LogP contribution in [0.5, 0.6) is 0 Å². The molecule has 128 valence electrons. The fourth-order valence-corrected chi connectivity index (χ4v) is 4.10. The van der Waals surface area contributed by atoms with Crippen LogP contribution in [-0.2, 0) is 16.1 Å². The van der Waals surface area contributed by atoms with Crippen molar-refractivity contribution < 1.29 is 9.53 Å². The lowest BCUT2D eigenvalue weighted by Gasteiger charge is -2.05. The number of carbonyl (C=O) groups is 1. The van der Waals surface area contributed by atoms with Crippen molar-refractivity contribution in [3.05, 3.63) is 44.8 Å². The Hall–Kier alpha value is -1.95. The predicted molar refractivity (Wildman–Crippen MR) is 94.1 cm³/mol. The maximum Gasteiger partial charge on any atom is 0.310 e. The molecule has 0 bridgehead atoms. The number of aromatic nitrogens is 2. The molecule has 1 aliphatic rings. The molecule has 2 aromatic rings. The fraction of sp³-hybridized carbons (Fsp3) is 0.500. The number of fused-ring (bicyclic) bond motifs is 1. The topological polar surface area (TPSA) is 60.7 Å². The molecule has 0 N–H and O–H groups in total. The number of allylic oxidation sites excluding steroid dienone is 2. The third-order valence-electron chi connectivity index (χ3n) is 4.67. The van der Waals surface area contributed by atoms with Crippen molar-refractivity contribution in [1.29, 1.82) is 0 Å². The standard InChI is InChI=1S/C18H22N2O3S/c1-10(2)6-13-15(18(13,4)5)16(22)23-8-12-7-14(21)20-11(3)9-24-17(20)19-12/h6-7,9,13,15H,8H2,1-5H3/t13-,15+/m0/s1. The quantitative estimate of drug-likeness (QED) is 0.629. The second kappa shape index (κ2) is 5.84. The summed E-state index contributed by atoms with van der Waals surface area (Å²) in [5.74, 6) is -0.121. The first kappa shape index (κ1) is 16.9. The highest BCUT2D eigenvalue weighted by atomic mass is 32.1. The average Bonchev–Trinajstić information content (AvgIpc) is 2.82. The Morgan fingerprint density at radius 3 is 2.83 bits per heavy atom. The Bertz CT molecular complexity index is 887. The second-order valence-corrected chi connectivity index (χ2v) is 8.09. The molecule has 6 heteroatoms. The first-order valence-corrected chi connectivity index (χ1v) is 8.88. The molecule has 0 spiro atoms. The molecule has 0 amide bonds. The third-order valence-corrected chi connectivity index (χ3v) is 5.61. The number of ether oxygens (including phenoxy) is 1. The number of esters is 1. The van der Waals surface area contributed by atoms with Gasteiger partial charge in [0.1, 0.15) is 6.61 Å². The molecule has 0 radical (unpaired) electrons. The monoisotopic (exact) mass is 346 g/mol. The van der Waals surface area contributed by atoms with E-state index in [9.17, 15) is 9.59 Å². The largest absolute Gasteiger partial charge is 0.459 e. The summed E-state index contributed by atoms with van der Waals surface area (Å²) in [7, 11) is 0. The van der Waals surface area contributed by atoms with E-state index in [0.29, 0.717) is 10.7 Å². The van der Waals surface area contributed by atoms with Gasteiger partial charge in [-0.1, -0.05) is 25.5 Å². The average molecular weight is 346 g/mol. The molecule has 0 aliphatic heterocycles. The maximum atomic E-state index is 12.4. The van der Waals surface area contributed by atoms with Crippen molar-refractivity contribution in [2.75, 3.05) is 0 Å².